The molecule has 0 aromatic heterocycles. The molecule has 1 N–H and O–H groups in total. The number of fused-ring (bicyclic) bond motifs is 1. The fourth-order valence-corrected chi connectivity index (χ4v) is 3.56. The molecule has 2 aliphatic rings. The monoisotopic (exact) mass is 509 g/mol. The van der Waals surface area contributed by atoms with Crippen LogP contribution in [-0.4, -0.2) is 57.3 Å². The Morgan fingerprint density at radius 3 is 2.70 bits per heavy atom. The molecule has 1 fully saturated rings. The first-order valence-electron chi connectivity index (χ1n) is 8.73. The van der Waals surface area contributed by atoms with Crippen molar-refractivity contribution >= 4 is 47.5 Å². The zero-order chi connectivity index (χ0) is 18.5. The van der Waals surface area contributed by atoms with Gasteiger partial charge in [-0.25, -0.2) is 0 Å². The maximum absolute atomic E-state index is 11.7. The highest BCUT2D eigenvalue weighted by molar-refractivity contribution is 14.0. The number of nitrogens with zero attached hydrogens (tertiary/aromatic N) is 2. The molecule has 150 valence electrons. The van der Waals surface area contributed by atoms with Crippen molar-refractivity contribution in [3.63, 3.8) is 0 Å². The van der Waals surface area contributed by atoms with Crippen molar-refractivity contribution < 1.29 is 19.0 Å². The van der Waals surface area contributed by atoms with E-state index in [1.165, 1.54) is 7.11 Å². The molecule has 0 radical (unpaired) electrons. The summed E-state index contributed by atoms with van der Waals surface area (Å²) in [5.74, 6) is 1.94. The van der Waals surface area contributed by atoms with E-state index in [0.717, 1.165) is 37.5 Å². The normalized spacial score (nSPS) is 17.1. The second-order valence-corrected chi connectivity index (χ2v) is 6.69. The van der Waals surface area contributed by atoms with Gasteiger partial charge in [-0.3, -0.25) is 9.79 Å². The molecule has 0 saturated carbocycles. The van der Waals surface area contributed by atoms with Gasteiger partial charge in [-0.05, 0) is 30.5 Å². The van der Waals surface area contributed by atoms with Gasteiger partial charge >= 0.3 is 5.97 Å². The number of benzene rings is 1. The zero-order valence-corrected chi connectivity index (χ0v) is 18.6. The van der Waals surface area contributed by atoms with Gasteiger partial charge in [0.1, 0.15) is 13.2 Å². The molecule has 27 heavy (non-hydrogen) atoms. The summed E-state index contributed by atoms with van der Waals surface area (Å²) in [6.07, 6.45) is 1.53. The molecule has 2 heterocycles. The predicted octanol–water partition coefficient (Wildman–Crippen LogP) is 2.69. The van der Waals surface area contributed by atoms with E-state index in [1.54, 1.807) is 7.05 Å². The molecular formula is C18H25ClIN3O4. The smallest absolute Gasteiger partial charge is 0.308 e. The highest BCUT2D eigenvalue weighted by Crippen LogP contribution is 2.38. The number of halogens is 2. The largest absolute Gasteiger partial charge is 0.486 e. The van der Waals surface area contributed by atoms with Gasteiger partial charge in [0.25, 0.3) is 0 Å². The summed E-state index contributed by atoms with van der Waals surface area (Å²) >= 11 is 6.29. The van der Waals surface area contributed by atoms with E-state index in [9.17, 15) is 4.79 Å². The molecule has 0 atom stereocenters. The van der Waals surface area contributed by atoms with E-state index in [-0.39, 0.29) is 35.9 Å². The molecule has 0 amide bonds. The number of ether oxygens (including phenoxy) is 3. The van der Waals surface area contributed by atoms with Crippen LogP contribution >= 0.6 is 35.6 Å². The maximum atomic E-state index is 11.7. The number of hydrogen-bond acceptors (Lipinski definition) is 5. The fraction of sp³-hybridized carbons (Fsp3) is 0.556. The van der Waals surface area contributed by atoms with Crippen LogP contribution in [0.15, 0.2) is 17.1 Å². The summed E-state index contributed by atoms with van der Waals surface area (Å²) in [6.45, 7) is 3.14. The van der Waals surface area contributed by atoms with Crippen molar-refractivity contribution in [3.05, 3.63) is 22.7 Å². The summed E-state index contributed by atoms with van der Waals surface area (Å²) in [7, 11) is 3.19. The number of aliphatic imine (C=N–C) groups is 1. The number of esters is 1. The quantitative estimate of drug-likeness (QED) is 0.292. The van der Waals surface area contributed by atoms with Crippen LogP contribution in [-0.2, 0) is 16.1 Å². The molecule has 1 aromatic carbocycles. The summed E-state index contributed by atoms with van der Waals surface area (Å²) in [6, 6.07) is 3.81. The molecule has 1 aromatic rings. The zero-order valence-electron chi connectivity index (χ0n) is 15.5. The lowest BCUT2D eigenvalue weighted by atomic mass is 9.97. The van der Waals surface area contributed by atoms with Gasteiger partial charge in [-0.2, -0.15) is 0 Å². The minimum absolute atomic E-state index is 0. The second kappa shape index (κ2) is 10.2. The summed E-state index contributed by atoms with van der Waals surface area (Å²) in [5.41, 5.74) is 0.991. The molecule has 9 heteroatoms. The van der Waals surface area contributed by atoms with Crippen LogP contribution in [0.25, 0.3) is 0 Å². The number of nitrogens with one attached hydrogen (secondary N) is 1. The van der Waals surface area contributed by atoms with Gasteiger partial charge in [0.2, 0.25) is 0 Å². The Labute approximate surface area is 181 Å². The molecule has 0 bridgehead atoms. The van der Waals surface area contributed by atoms with E-state index in [4.69, 9.17) is 25.8 Å². The third kappa shape index (κ3) is 5.31. The third-order valence-corrected chi connectivity index (χ3v) is 4.93. The lowest BCUT2D eigenvalue weighted by Gasteiger charge is -2.33. The third-order valence-electron chi connectivity index (χ3n) is 4.65. The van der Waals surface area contributed by atoms with Crippen LogP contribution < -0.4 is 14.8 Å². The van der Waals surface area contributed by atoms with Gasteiger partial charge in [0.05, 0.1) is 18.1 Å². The molecule has 3 rings (SSSR count). The summed E-state index contributed by atoms with van der Waals surface area (Å²) in [4.78, 5) is 18.2. The van der Waals surface area contributed by atoms with Crippen LogP contribution in [0.5, 0.6) is 11.5 Å². The number of carbonyl (C=O) groups excluding carboxylic acids is 1. The number of rotatable bonds is 3. The van der Waals surface area contributed by atoms with Gasteiger partial charge in [0.15, 0.2) is 17.5 Å². The molecule has 7 nitrogen and oxygen atoms in total. The Morgan fingerprint density at radius 1 is 1.33 bits per heavy atom. The number of piperidine rings is 1. The van der Waals surface area contributed by atoms with Crippen LogP contribution in [0.3, 0.4) is 0 Å². The minimum atomic E-state index is -0.126. The number of hydrogen-bond donors (Lipinski definition) is 1. The number of carbonyl (C=O) groups is 1. The van der Waals surface area contributed by atoms with E-state index in [0.29, 0.717) is 36.3 Å². The maximum Gasteiger partial charge on any atom is 0.308 e. The second-order valence-electron chi connectivity index (χ2n) is 6.29. The van der Waals surface area contributed by atoms with Gasteiger partial charge in [-0.1, -0.05) is 11.6 Å². The number of methoxy groups -OCH3 is 1. The van der Waals surface area contributed by atoms with Gasteiger partial charge in [0, 0.05) is 26.7 Å². The fourth-order valence-electron chi connectivity index (χ4n) is 3.27. The topological polar surface area (TPSA) is 72.4 Å². The van der Waals surface area contributed by atoms with E-state index < -0.39 is 0 Å². The summed E-state index contributed by atoms with van der Waals surface area (Å²) in [5, 5.41) is 3.90. The first-order chi connectivity index (χ1) is 12.6. The van der Waals surface area contributed by atoms with Crippen molar-refractivity contribution in [2.75, 3.05) is 40.5 Å². The average Bonchev–Trinajstić information content (AvgIpc) is 2.68. The molecule has 0 spiro atoms. The average molecular weight is 510 g/mol. The predicted molar refractivity (Wildman–Crippen MR) is 114 cm³/mol. The van der Waals surface area contributed by atoms with Crippen LogP contribution in [0, 0.1) is 5.92 Å². The van der Waals surface area contributed by atoms with E-state index >= 15 is 0 Å². The van der Waals surface area contributed by atoms with Gasteiger partial charge in [-0.15, -0.1) is 24.0 Å². The number of guanidine groups is 1. The lowest BCUT2D eigenvalue weighted by molar-refractivity contribution is -0.146. The van der Waals surface area contributed by atoms with E-state index in [2.05, 4.69) is 15.2 Å². The van der Waals surface area contributed by atoms with E-state index in [1.807, 2.05) is 12.1 Å². The standard InChI is InChI=1S/C18H24ClN3O4.HI/c1-20-18(22-5-3-13(4-6-22)17(23)24-2)21-11-12-9-14(19)16-15(10-12)25-7-8-26-16;/h9-10,13H,3-8,11H2,1-2H3,(H,20,21);1H. The van der Waals surface area contributed by atoms with Crippen molar-refractivity contribution in [1.82, 2.24) is 10.2 Å². The van der Waals surface area contributed by atoms with Crippen LogP contribution in [0.1, 0.15) is 18.4 Å². The first kappa shape index (κ1) is 21.9. The summed E-state index contributed by atoms with van der Waals surface area (Å²) < 4.78 is 16.0. The SMILES string of the molecule is CN=C(NCc1cc(Cl)c2c(c1)OCCO2)N1CCC(C(=O)OC)CC1.I. The Balaban J connectivity index is 0.00000261. The van der Waals surface area contributed by atoms with Crippen molar-refractivity contribution in [2.24, 2.45) is 10.9 Å². The van der Waals surface area contributed by atoms with Crippen LogP contribution in [0.4, 0.5) is 0 Å². The first-order valence-corrected chi connectivity index (χ1v) is 9.11. The Hall–Kier alpha value is -1.42. The van der Waals surface area contributed by atoms with Gasteiger partial charge < -0.3 is 24.4 Å². The highest BCUT2D eigenvalue weighted by Gasteiger charge is 2.27. The molecule has 0 unspecified atom stereocenters. The molecule has 2 aliphatic heterocycles. The number of likely N-dealkylation sites (tertiary alicyclic amines) is 1. The Bertz CT molecular complexity index is 693. The van der Waals surface area contributed by atoms with Crippen molar-refractivity contribution in [1.29, 1.82) is 0 Å². The molecule has 0 aliphatic carbocycles. The van der Waals surface area contributed by atoms with Crippen LogP contribution in [0.2, 0.25) is 5.02 Å². The Morgan fingerprint density at radius 2 is 2.04 bits per heavy atom. The lowest BCUT2D eigenvalue weighted by Crippen LogP contribution is -2.46. The molecular weight excluding hydrogens is 485 g/mol. The van der Waals surface area contributed by atoms with Crippen molar-refractivity contribution in [2.45, 2.75) is 19.4 Å². The molecule has 1 saturated heterocycles. The minimum Gasteiger partial charge on any atom is -0.486 e. The highest BCUT2D eigenvalue weighted by atomic mass is 127. The van der Waals surface area contributed by atoms with Crippen molar-refractivity contribution in [3.8, 4) is 11.5 Å². The Kier molecular flexibility index (Phi) is 8.28.